The molecule has 0 unspecified atom stereocenters. The van der Waals surface area contributed by atoms with Crippen LogP contribution in [0, 0.1) is 0 Å². The number of hydrogen-bond donors (Lipinski definition) is 1. The van der Waals surface area contributed by atoms with Gasteiger partial charge < -0.3 is 14.4 Å². The second-order valence-corrected chi connectivity index (χ2v) is 7.59. The maximum atomic E-state index is 12.8. The molecule has 0 aliphatic carbocycles. The molecule has 0 aliphatic rings. The Morgan fingerprint density at radius 2 is 1.93 bits per heavy atom. The molecular formula is C22H19Cl2NO5. The number of carbonyl (C=O) groups is 2. The number of aryl methyl sites for hydroxylation is 1. The minimum absolute atomic E-state index is 0.205. The molecule has 0 bridgehead atoms. The number of rotatable bonds is 7. The molecule has 3 aromatic rings. The first-order valence-corrected chi connectivity index (χ1v) is 9.99. The third kappa shape index (κ3) is 4.83. The molecule has 1 heterocycles. The first-order valence-electron chi connectivity index (χ1n) is 9.23. The summed E-state index contributed by atoms with van der Waals surface area (Å²) >= 11 is 12.3. The first kappa shape index (κ1) is 21.9. The van der Waals surface area contributed by atoms with Gasteiger partial charge in [-0.2, -0.15) is 0 Å². The molecule has 0 saturated carbocycles. The number of fused-ring (bicyclic) bond motifs is 1. The Hall–Kier alpha value is -2.83. The molecule has 2 aromatic carbocycles. The van der Waals surface area contributed by atoms with E-state index in [1.807, 2.05) is 12.1 Å². The van der Waals surface area contributed by atoms with Crippen LogP contribution >= 0.6 is 23.2 Å². The number of aromatic nitrogens is 1. The van der Waals surface area contributed by atoms with E-state index in [2.05, 4.69) is 0 Å². The zero-order valence-corrected chi connectivity index (χ0v) is 17.7. The number of benzene rings is 2. The summed E-state index contributed by atoms with van der Waals surface area (Å²) in [4.78, 5) is 35.3. The van der Waals surface area contributed by atoms with Gasteiger partial charge >= 0.3 is 11.9 Å². The number of hydrogen-bond acceptors (Lipinski definition) is 4. The van der Waals surface area contributed by atoms with Crippen LogP contribution in [-0.4, -0.2) is 28.2 Å². The van der Waals surface area contributed by atoms with Crippen molar-refractivity contribution in [3.8, 4) is 0 Å². The van der Waals surface area contributed by atoms with E-state index in [9.17, 15) is 19.5 Å². The molecule has 0 fully saturated rings. The highest BCUT2D eigenvalue weighted by molar-refractivity contribution is 6.42. The Morgan fingerprint density at radius 3 is 2.63 bits per heavy atom. The van der Waals surface area contributed by atoms with E-state index < -0.39 is 11.4 Å². The average Bonchev–Trinajstić information content (AvgIpc) is 2.70. The van der Waals surface area contributed by atoms with E-state index in [1.54, 1.807) is 28.8 Å². The summed E-state index contributed by atoms with van der Waals surface area (Å²) in [6.45, 7) is 1.92. The molecule has 6 nitrogen and oxygen atoms in total. The number of nitrogens with zero attached hydrogens (tertiary/aromatic N) is 1. The van der Waals surface area contributed by atoms with Crippen LogP contribution < -0.4 is 5.43 Å². The Balaban J connectivity index is 2.01. The quantitative estimate of drug-likeness (QED) is 0.424. The maximum Gasteiger partial charge on any atom is 0.341 e. The lowest BCUT2D eigenvalue weighted by Crippen LogP contribution is -2.19. The van der Waals surface area contributed by atoms with Gasteiger partial charge in [0.2, 0.25) is 5.43 Å². The molecule has 8 heteroatoms. The summed E-state index contributed by atoms with van der Waals surface area (Å²) in [5.74, 6) is -1.67. The molecule has 1 aromatic heterocycles. The minimum atomic E-state index is -1.29. The highest BCUT2D eigenvalue weighted by atomic mass is 35.5. The second-order valence-electron chi connectivity index (χ2n) is 6.81. The van der Waals surface area contributed by atoms with Crippen molar-refractivity contribution in [2.45, 2.75) is 26.3 Å². The Labute approximate surface area is 182 Å². The molecule has 156 valence electrons. The number of carboxylic acids is 1. The van der Waals surface area contributed by atoms with Gasteiger partial charge in [-0.25, -0.2) is 4.79 Å². The van der Waals surface area contributed by atoms with E-state index in [4.69, 9.17) is 27.9 Å². The Bertz CT molecular complexity index is 1190. The van der Waals surface area contributed by atoms with Crippen LogP contribution in [0.1, 0.15) is 34.8 Å². The topological polar surface area (TPSA) is 85.6 Å². The van der Waals surface area contributed by atoms with Crippen LogP contribution in [0.4, 0.5) is 0 Å². The third-order valence-corrected chi connectivity index (χ3v) is 5.51. The van der Waals surface area contributed by atoms with Crippen LogP contribution in [0.2, 0.25) is 10.0 Å². The molecule has 0 aliphatic heterocycles. The number of aromatic carboxylic acids is 1. The van der Waals surface area contributed by atoms with Crippen molar-refractivity contribution < 1.29 is 19.4 Å². The summed E-state index contributed by atoms with van der Waals surface area (Å²) in [6, 6.07) is 10.7. The van der Waals surface area contributed by atoms with E-state index in [-0.39, 0.29) is 18.1 Å². The number of carbonyl (C=O) groups excluding carboxylic acids is 1. The van der Waals surface area contributed by atoms with Crippen molar-refractivity contribution in [3.63, 3.8) is 0 Å². The molecule has 30 heavy (non-hydrogen) atoms. The Kier molecular flexibility index (Phi) is 6.80. The highest BCUT2D eigenvalue weighted by Gasteiger charge is 2.15. The van der Waals surface area contributed by atoms with Crippen molar-refractivity contribution in [2.75, 3.05) is 6.61 Å². The third-order valence-electron chi connectivity index (χ3n) is 4.65. The first-order chi connectivity index (χ1) is 14.3. The number of carboxylic acid groups (broad SMARTS) is 1. The normalized spacial score (nSPS) is 10.9. The van der Waals surface area contributed by atoms with Crippen LogP contribution in [0.15, 0.2) is 47.4 Å². The van der Waals surface area contributed by atoms with Crippen LogP contribution in [0.25, 0.3) is 10.9 Å². The van der Waals surface area contributed by atoms with Crippen LogP contribution in [-0.2, 0) is 22.5 Å². The van der Waals surface area contributed by atoms with E-state index >= 15 is 0 Å². The van der Waals surface area contributed by atoms with Gasteiger partial charge in [0.15, 0.2) is 0 Å². The molecule has 0 amide bonds. The van der Waals surface area contributed by atoms with E-state index in [1.165, 1.54) is 13.1 Å². The summed E-state index contributed by atoms with van der Waals surface area (Å²) < 4.78 is 6.62. The number of ether oxygens (including phenoxy) is 1. The standard InChI is InChI=1S/C22H19Cl2NO5/c1-13(26)30-9-3-8-25-12-17(22(28)29)21(27)16-11-14(6-7-19(16)25)10-15-4-2-5-18(23)20(15)24/h2,4-7,11-12H,3,8-10H2,1H3,(H,28,29). The van der Waals surface area contributed by atoms with Gasteiger partial charge in [-0.3, -0.25) is 9.59 Å². The maximum absolute atomic E-state index is 12.8. The lowest BCUT2D eigenvalue weighted by Gasteiger charge is -2.14. The van der Waals surface area contributed by atoms with Crippen molar-refractivity contribution >= 4 is 46.0 Å². The minimum Gasteiger partial charge on any atom is -0.477 e. The molecule has 0 spiro atoms. The lowest BCUT2D eigenvalue weighted by molar-refractivity contribution is -0.141. The van der Waals surface area contributed by atoms with Crippen molar-refractivity contribution in [1.29, 1.82) is 0 Å². The second kappa shape index (κ2) is 9.32. The molecule has 0 atom stereocenters. The zero-order chi connectivity index (χ0) is 21.8. The van der Waals surface area contributed by atoms with Gasteiger partial charge in [0, 0.05) is 25.1 Å². The number of esters is 1. The molecule has 0 saturated heterocycles. The van der Waals surface area contributed by atoms with Gasteiger partial charge in [-0.1, -0.05) is 41.4 Å². The number of halogens is 2. The fraction of sp³-hybridized carbons (Fsp3) is 0.227. The summed E-state index contributed by atoms with van der Waals surface area (Å²) in [5, 5.41) is 10.6. The summed E-state index contributed by atoms with van der Waals surface area (Å²) in [6.07, 6.45) is 2.25. The van der Waals surface area contributed by atoms with Gasteiger partial charge in [0.05, 0.1) is 22.2 Å². The lowest BCUT2D eigenvalue weighted by atomic mass is 10.0. The molecule has 1 N–H and O–H groups in total. The summed E-state index contributed by atoms with van der Waals surface area (Å²) in [5.41, 5.74) is 1.35. The van der Waals surface area contributed by atoms with E-state index in [0.717, 1.165) is 11.1 Å². The van der Waals surface area contributed by atoms with Crippen LogP contribution in [0.3, 0.4) is 0 Å². The fourth-order valence-electron chi connectivity index (χ4n) is 3.25. The van der Waals surface area contributed by atoms with Crippen molar-refractivity contribution in [2.24, 2.45) is 0 Å². The van der Waals surface area contributed by atoms with Crippen LogP contribution in [0.5, 0.6) is 0 Å². The van der Waals surface area contributed by atoms with Gasteiger partial charge in [0.25, 0.3) is 0 Å². The predicted octanol–water partition coefficient (Wildman–Crippen LogP) is 4.55. The molecule has 0 radical (unpaired) electrons. The predicted molar refractivity (Wildman–Crippen MR) is 116 cm³/mol. The molecule has 3 rings (SSSR count). The Morgan fingerprint density at radius 1 is 1.17 bits per heavy atom. The monoisotopic (exact) mass is 447 g/mol. The largest absolute Gasteiger partial charge is 0.477 e. The highest BCUT2D eigenvalue weighted by Crippen LogP contribution is 2.28. The van der Waals surface area contributed by atoms with E-state index in [0.29, 0.717) is 40.3 Å². The molecular weight excluding hydrogens is 429 g/mol. The van der Waals surface area contributed by atoms with Gasteiger partial charge in [0.1, 0.15) is 5.56 Å². The van der Waals surface area contributed by atoms with Crippen molar-refractivity contribution in [1.82, 2.24) is 4.57 Å². The summed E-state index contributed by atoms with van der Waals surface area (Å²) in [7, 11) is 0. The fourth-order valence-corrected chi connectivity index (χ4v) is 3.63. The SMILES string of the molecule is CC(=O)OCCCn1cc(C(=O)O)c(=O)c2cc(Cc3cccc(Cl)c3Cl)ccc21. The zero-order valence-electron chi connectivity index (χ0n) is 16.2. The van der Waals surface area contributed by atoms with Gasteiger partial charge in [-0.05, 0) is 42.2 Å². The van der Waals surface area contributed by atoms with Gasteiger partial charge in [-0.15, -0.1) is 0 Å². The smallest absolute Gasteiger partial charge is 0.341 e. The number of pyridine rings is 1. The average molecular weight is 448 g/mol. The van der Waals surface area contributed by atoms with Crippen molar-refractivity contribution in [3.05, 3.63) is 79.6 Å².